The standard InChI is InChI=1S/C30H29N7O2/c1-36-15-17-37(18-16-36)20-21-3-8-24(9-4-21)33-29(38)23-7-12-26-27(19-23)35-28(34-26)22-5-10-25(11-6-22)39-30-31-13-2-14-32-30/h2-14,19H,15-18,20H2,1H3,(H,33,38)(H,34,35). The number of benzene rings is 3. The maximum atomic E-state index is 13.0. The molecule has 3 aromatic carbocycles. The summed E-state index contributed by atoms with van der Waals surface area (Å²) in [6, 6.07) is 23.1. The van der Waals surface area contributed by atoms with Crippen molar-refractivity contribution in [3.05, 3.63) is 96.3 Å². The number of ether oxygens (including phenoxy) is 1. The Bertz CT molecular complexity index is 1560. The van der Waals surface area contributed by atoms with E-state index in [1.807, 2.05) is 48.5 Å². The van der Waals surface area contributed by atoms with Gasteiger partial charge in [0.1, 0.15) is 11.6 Å². The highest BCUT2D eigenvalue weighted by Gasteiger charge is 2.14. The van der Waals surface area contributed by atoms with Crippen molar-refractivity contribution in [2.75, 3.05) is 38.5 Å². The number of aromatic nitrogens is 4. The van der Waals surface area contributed by atoms with Gasteiger partial charge < -0.3 is 19.9 Å². The lowest BCUT2D eigenvalue weighted by Crippen LogP contribution is -2.43. The molecule has 2 aromatic heterocycles. The molecule has 9 nitrogen and oxygen atoms in total. The summed E-state index contributed by atoms with van der Waals surface area (Å²) >= 11 is 0. The van der Waals surface area contributed by atoms with Crippen LogP contribution in [-0.2, 0) is 6.54 Å². The van der Waals surface area contributed by atoms with Crippen molar-refractivity contribution >= 4 is 22.6 Å². The number of hydrogen-bond acceptors (Lipinski definition) is 7. The van der Waals surface area contributed by atoms with Crippen LogP contribution in [0.4, 0.5) is 5.69 Å². The van der Waals surface area contributed by atoms with Crippen LogP contribution >= 0.6 is 0 Å². The number of nitrogens with zero attached hydrogens (tertiary/aromatic N) is 5. The number of carbonyl (C=O) groups excluding carboxylic acids is 1. The van der Waals surface area contributed by atoms with Gasteiger partial charge in [0.15, 0.2) is 0 Å². The summed E-state index contributed by atoms with van der Waals surface area (Å²) in [5, 5.41) is 3.01. The zero-order chi connectivity index (χ0) is 26.6. The number of piperazine rings is 1. The third-order valence-electron chi connectivity index (χ3n) is 6.84. The molecule has 0 bridgehead atoms. The number of anilines is 1. The molecule has 0 atom stereocenters. The van der Waals surface area contributed by atoms with Gasteiger partial charge in [0, 0.05) is 61.9 Å². The second-order valence-electron chi connectivity index (χ2n) is 9.71. The molecule has 0 spiro atoms. The minimum Gasteiger partial charge on any atom is -0.424 e. The number of carbonyl (C=O) groups is 1. The van der Waals surface area contributed by atoms with Crippen LogP contribution < -0.4 is 10.1 Å². The second-order valence-corrected chi connectivity index (χ2v) is 9.71. The largest absolute Gasteiger partial charge is 0.424 e. The van der Waals surface area contributed by atoms with Crippen LogP contribution in [0.5, 0.6) is 11.8 Å². The number of amides is 1. The molecule has 3 heterocycles. The average Bonchev–Trinajstić information content (AvgIpc) is 3.40. The Morgan fingerprint density at radius 2 is 1.69 bits per heavy atom. The Morgan fingerprint density at radius 3 is 2.44 bits per heavy atom. The maximum absolute atomic E-state index is 13.0. The minimum absolute atomic E-state index is 0.162. The molecule has 0 saturated carbocycles. The highest BCUT2D eigenvalue weighted by atomic mass is 16.5. The Hall–Kier alpha value is -4.60. The predicted molar refractivity (Wildman–Crippen MR) is 151 cm³/mol. The molecule has 6 rings (SSSR count). The molecule has 1 saturated heterocycles. The smallest absolute Gasteiger partial charge is 0.321 e. The summed E-state index contributed by atoms with van der Waals surface area (Å²) in [6.45, 7) is 5.29. The molecular formula is C30H29N7O2. The summed E-state index contributed by atoms with van der Waals surface area (Å²) < 4.78 is 5.66. The average molecular weight is 520 g/mol. The lowest BCUT2D eigenvalue weighted by molar-refractivity contribution is 0.102. The van der Waals surface area contributed by atoms with Crippen LogP contribution in [0.15, 0.2) is 85.2 Å². The van der Waals surface area contributed by atoms with Crippen LogP contribution in [-0.4, -0.2) is 68.9 Å². The molecule has 1 aliphatic rings. The van der Waals surface area contributed by atoms with Crippen molar-refractivity contribution in [1.29, 1.82) is 0 Å². The number of nitrogens with one attached hydrogen (secondary N) is 2. The van der Waals surface area contributed by atoms with Gasteiger partial charge in [0.2, 0.25) is 0 Å². The molecular weight excluding hydrogens is 490 g/mol. The highest BCUT2D eigenvalue weighted by Crippen LogP contribution is 2.25. The number of H-pyrrole nitrogens is 1. The topological polar surface area (TPSA) is 99.3 Å². The molecule has 196 valence electrons. The SMILES string of the molecule is CN1CCN(Cc2ccc(NC(=O)c3ccc4nc(-c5ccc(Oc6ncccn6)cc5)[nH]c4c3)cc2)CC1. The van der Waals surface area contributed by atoms with E-state index in [-0.39, 0.29) is 5.91 Å². The Kier molecular flexibility index (Phi) is 6.99. The Labute approximate surface area is 226 Å². The van der Waals surface area contributed by atoms with Crippen molar-refractivity contribution < 1.29 is 9.53 Å². The number of rotatable bonds is 7. The first kappa shape index (κ1) is 24.7. The number of imidazole rings is 1. The second kappa shape index (κ2) is 11.0. The van der Waals surface area contributed by atoms with Crippen LogP contribution in [0.1, 0.15) is 15.9 Å². The van der Waals surface area contributed by atoms with Gasteiger partial charge >= 0.3 is 6.01 Å². The molecule has 1 aliphatic heterocycles. The lowest BCUT2D eigenvalue weighted by Gasteiger charge is -2.32. The van der Waals surface area contributed by atoms with Crippen molar-refractivity contribution in [2.24, 2.45) is 0 Å². The number of fused-ring (bicyclic) bond motifs is 1. The fourth-order valence-corrected chi connectivity index (χ4v) is 4.57. The summed E-state index contributed by atoms with van der Waals surface area (Å²) in [7, 11) is 2.16. The van der Waals surface area contributed by atoms with Gasteiger partial charge in [0.05, 0.1) is 11.0 Å². The molecule has 0 unspecified atom stereocenters. The first-order valence-corrected chi connectivity index (χ1v) is 13.0. The van der Waals surface area contributed by atoms with Crippen LogP contribution in [0.25, 0.3) is 22.4 Å². The zero-order valence-electron chi connectivity index (χ0n) is 21.7. The molecule has 0 radical (unpaired) electrons. The van der Waals surface area contributed by atoms with E-state index in [1.54, 1.807) is 24.5 Å². The van der Waals surface area contributed by atoms with E-state index in [9.17, 15) is 4.79 Å². The molecule has 1 fully saturated rings. The van der Waals surface area contributed by atoms with E-state index in [2.05, 4.69) is 54.2 Å². The van der Waals surface area contributed by atoms with Crippen LogP contribution in [0, 0.1) is 0 Å². The van der Waals surface area contributed by atoms with E-state index in [0.29, 0.717) is 23.1 Å². The van der Waals surface area contributed by atoms with Crippen molar-refractivity contribution in [1.82, 2.24) is 29.7 Å². The first-order chi connectivity index (χ1) is 19.1. The van der Waals surface area contributed by atoms with Gasteiger partial charge in [-0.25, -0.2) is 15.0 Å². The Balaban J connectivity index is 1.10. The summed E-state index contributed by atoms with van der Waals surface area (Å²) in [4.78, 5) is 33.9. The molecule has 0 aliphatic carbocycles. The third-order valence-corrected chi connectivity index (χ3v) is 6.84. The molecule has 1 amide bonds. The van der Waals surface area contributed by atoms with Crippen molar-refractivity contribution in [3.63, 3.8) is 0 Å². The summed E-state index contributed by atoms with van der Waals surface area (Å²) in [5.41, 5.74) is 5.06. The van der Waals surface area contributed by atoms with Crippen molar-refractivity contribution in [2.45, 2.75) is 6.54 Å². The fraction of sp³-hybridized carbons (Fsp3) is 0.200. The number of hydrogen-bond donors (Lipinski definition) is 2. The number of aromatic amines is 1. The van der Waals surface area contributed by atoms with Crippen molar-refractivity contribution in [3.8, 4) is 23.1 Å². The fourth-order valence-electron chi connectivity index (χ4n) is 4.57. The van der Waals surface area contributed by atoms with Gasteiger partial charge in [-0.2, -0.15) is 0 Å². The van der Waals surface area contributed by atoms with E-state index in [1.165, 1.54) is 5.56 Å². The van der Waals surface area contributed by atoms with Gasteiger partial charge in [-0.05, 0) is 73.3 Å². The lowest BCUT2D eigenvalue weighted by atomic mass is 10.1. The summed E-state index contributed by atoms with van der Waals surface area (Å²) in [6.07, 6.45) is 3.26. The molecule has 2 N–H and O–H groups in total. The number of likely N-dealkylation sites (N-methyl/N-ethyl adjacent to an activating group) is 1. The molecule has 5 aromatic rings. The molecule has 9 heteroatoms. The molecule has 39 heavy (non-hydrogen) atoms. The van der Waals surface area contributed by atoms with Crippen LogP contribution in [0.3, 0.4) is 0 Å². The monoisotopic (exact) mass is 519 g/mol. The highest BCUT2D eigenvalue weighted by molar-refractivity contribution is 6.06. The van der Waals surface area contributed by atoms with E-state index in [0.717, 1.165) is 55.0 Å². The summed E-state index contributed by atoms with van der Waals surface area (Å²) in [5.74, 6) is 1.18. The maximum Gasteiger partial charge on any atom is 0.321 e. The van der Waals surface area contributed by atoms with E-state index in [4.69, 9.17) is 4.74 Å². The first-order valence-electron chi connectivity index (χ1n) is 13.0. The zero-order valence-corrected chi connectivity index (χ0v) is 21.7. The predicted octanol–water partition coefficient (Wildman–Crippen LogP) is 4.81. The minimum atomic E-state index is -0.162. The van der Waals surface area contributed by atoms with Gasteiger partial charge in [-0.1, -0.05) is 12.1 Å². The van der Waals surface area contributed by atoms with E-state index >= 15 is 0 Å². The third kappa shape index (κ3) is 5.95. The Morgan fingerprint density at radius 1 is 0.949 bits per heavy atom. The van der Waals surface area contributed by atoms with E-state index < -0.39 is 0 Å². The normalized spacial score (nSPS) is 14.4. The van der Waals surface area contributed by atoms with Crippen LogP contribution in [0.2, 0.25) is 0 Å². The van der Waals surface area contributed by atoms with Gasteiger partial charge in [0.25, 0.3) is 5.91 Å². The van der Waals surface area contributed by atoms with Gasteiger partial charge in [-0.15, -0.1) is 0 Å². The van der Waals surface area contributed by atoms with Gasteiger partial charge in [-0.3, -0.25) is 9.69 Å². The quantitative estimate of drug-likeness (QED) is 0.318.